The van der Waals surface area contributed by atoms with E-state index < -0.39 is 11.9 Å². The Morgan fingerprint density at radius 2 is 0.861 bits per heavy atom. The zero-order valence-corrected chi connectivity index (χ0v) is 34.8. The first kappa shape index (κ1) is 42.5. The average molecular weight is 880 g/mol. The summed E-state index contributed by atoms with van der Waals surface area (Å²) in [6.45, 7) is 12.2. The minimum atomic E-state index is -1.08. The largest absolute Gasteiger partial charge is 1.00 e. The first-order chi connectivity index (χ1) is 16.2. The number of aliphatic carboxylic acids is 2. The third-order valence-corrected chi connectivity index (χ3v) is 5.02. The number of rotatable bonds is 16. The third-order valence-electron chi connectivity index (χ3n) is 5.02. The summed E-state index contributed by atoms with van der Waals surface area (Å²) in [5.74, 6) is -0.494. The summed E-state index contributed by atoms with van der Waals surface area (Å²) in [5.41, 5.74) is 8.57. The van der Waals surface area contributed by atoms with E-state index in [9.17, 15) is 0 Å². The molecule has 1 aliphatic carbocycles. The van der Waals surface area contributed by atoms with Gasteiger partial charge in [0.2, 0.25) is 0 Å². The Labute approximate surface area is 260 Å². The molecule has 0 amide bonds. The van der Waals surface area contributed by atoms with E-state index in [0.29, 0.717) is 0 Å². The number of allylic oxidation sites excluding steroid dienone is 2. The fourth-order valence-electron chi connectivity index (χ4n) is 3.04. The number of carboxylic acid groups (broad SMARTS) is 2. The van der Waals surface area contributed by atoms with Gasteiger partial charge in [-0.1, -0.05) is 78.1 Å². The molecule has 1 aliphatic rings. The Morgan fingerprint density at radius 1 is 0.611 bits per heavy atom. The first-order valence-electron chi connectivity index (χ1n) is 12.7. The summed E-state index contributed by atoms with van der Waals surface area (Å²) in [6.07, 6.45) is 15.4. The summed E-state index contributed by atoms with van der Waals surface area (Å²) < 4.78 is 11.8. The molecule has 0 aromatic carbocycles. The molecule has 0 bridgehead atoms. The summed E-state index contributed by atoms with van der Waals surface area (Å²) in [6, 6.07) is 0. The fraction of sp³-hybridized carbons (Fsp3) is 0.714. The van der Waals surface area contributed by atoms with Gasteiger partial charge in [-0.2, -0.15) is 0 Å². The second kappa shape index (κ2) is 30.7. The molecule has 198 valence electrons. The van der Waals surface area contributed by atoms with Crippen LogP contribution in [0.3, 0.4) is 0 Å². The zero-order valence-electron chi connectivity index (χ0n) is 23.8. The monoisotopic (exact) mass is 882 g/mol. The minimum Gasteiger partial charge on any atom is -0.550 e. The van der Waals surface area contributed by atoms with Crippen molar-refractivity contribution in [3.63, 3.8) is 0 Å². The van der Waals surface area contributed by atoms with Crippen molar-refractivity contribution >= 4 is 11.9 Å². The zero-order chi connectivity index (χ0) is 26.2. The standard InChI is InChI=1S/C24H40O2.2C2H4O2.2Hg/c1-5-7-9-11-13-15-19-25-23-17-18-24(22(4)21(23)3)26-20-16-14-12-10-8-6-2;2*1-2(3)4;;/h5-16,19-20H2,1-4H3;2*1H3,(H,3,4);;/q;;;2*+1/p-2. The van der Waals surface area contributed by atoms with Crippen LogP contribution in [-0.2, 0) is 74.4 Å². The minimum absolute atomic E-state index is 0. The number of carboxylic acids is 2. The summed E-state index contributed by atoms with van der Waals surface area (Å²) in [7, 11) is 0. The van der Waals surface area contributed by atoms with Crippen molar-refractivity contribution in [1.82, 2.24) is 0 Å². The van der Waals surface area contributed by atoms with Crippen LogP contribution in [0, 0.1) is 0 Å². The molecule has 1 rings (SSSR count). The van der Waals surface area contributed by atoms with Crippen molar-refractivity contribution in [2.45, 2.75) is 119 Å². The van der Waals surface area contributed by atoms with E-state index in [1.807, 2.05) is 0 Å². The molecule has 0 saturated carbocycles. The van der Waals surface area contributed by atoms with Crippen LogP contribution in [0.2, 0.25) is 0 Å². The van der Waals surface area contributed by atoms with Crippen molar-refractivity contribution in [1.29, 1.82) is 0 Å². The maximum absolute atomic E-state index is 8.89. The van der Waals surface area contributed by atoms with Crippen LogP contribution in [0.15, 0.2) is 34.1 Å². The van der Waals surface area contributed by atoms with E-state index in [1.165, 1.54) is 64.2 Å². The maximum Gasteiger partial charge on any atom is 1.00 e. The summed E-state index contributed by atoms with van der Waals surface area (Å²) in [4.78, 5) is 17.8. The molecule has 0 heterocycles. The molecule has 36 heavy (non-hydrogen) atoms. The molecule has 0 atom stereocenters. The van der Waals surface area contributed by atoms with E-state index in [-0.39, 0.29) is 55.3 Å². The second-order valence-electron chi connectivity index (χ2n) is 8.37. The van der Waals surface area contributed by atoms with E-state index in [0.717, 1.165) is 62.6 Å². The van der Waals surface area contributed by atoms with Gasteiger partial charge in [-0.3, -0.25) is 0 Å². The van der Waals surface area contributed by atoms with Crippen molar-refractivity contribution in [3.05, 3.63) is 34.1 Å². The quantitative estimate of drug-likeness (QED) is 0.122. The van der Waals surface area contributed by atoms with Crippen molar-refractivity contribution < 1.29 is 84.6 Å². The molecular weight excluding hydrogens is 833 g/mol. The molecule has 6 nitrogen and oxygen atoms in total. The Hall–Kier alpha value is -0.550. The van der Waals surface area contributed by atoms with Gasteiger partial charge in [-0.15, -0.1) is 0 Å². The normalized spacial score (nSPS) is 11.3. The van der Waals surface area contributed by atoms with Gasteiger partial charge < -0.3 is 29.3 Å². The summed E-state index contributed by atoms with van der Waals surface area (Å²) in [5, 5.41) is 17.8. The van der Waals surface area contributed by atoms with Gasteiger partial charge in [0.15, 0.2) is 11.5 Å². The van der Waals surface area contributed by atoms with Gasteiger partial charge in [0, 0.05) is 23.1 Å². The van der Waals surface area contributed by atoms with Crippen LogP contribution in [0.4, 0.5) is 0 Å². The van der Waals surface area contributed by atoms with Crippen LogP contribution in [0.5, 0.6) is 0 Å². The maximum atomic E-state index is 8.89. The fourth-order valence-corrected chi connectivity index (χ4v) is 3.04. The summed E-state index contributed by atoms with van der Waals surface area (Å²) >= 11 is 0. The van der Waals surface area contributed by atoms with Gasteiger partial charge in [-0.05, 0) is 52.0 Å². The van der Waals surface area contributed by atoms with E-state index in [2.05, 4.69) is 39.2 Å². The Balaban J connectivity index is -0.000000446. The third kappa shape index (κ3) is 29.7. The topological polar surface area (TPSA) is 98.7 Å². The number of ether oxygens (including phenoxy) is 2. The number of unbranched alkanes of at least 4 members (excludes halogenated alkanes) is 10. The Kier molecular flexibility index (Phi) is 36.2. The van der Waals surface area contributed by atoms with Crippen molar-refractivity contribution in [3.8, 4) is 0 Å². The van der Waals surface area contributed by atoms with Crippen molar-refractivity contribution in [2.24, 2.45) is 0 Å². The smallest absolute Gasteiger partial charge is 0.550 e. The van der Waals surface area contributed by atoms with Crippen LogP contribution >= 0.6 is 0 Å². The molecule has 2 radical (unpaired) electrons. The molecule has 0 aromatic heterocycles. The second-order valence-corrected chi connectivity index (χ2v) is 8.37. The van der Waals surface area contributed by atoms with Gasteiger partial charge >= 0.3 is 55.3 Å². The van der Waals surface area contributed by atoms with Crippen LogP contribution in [-0.4, -0.2) is 25.2 Å². The van der Waals surface area contributed by atoms with Crippen LogP contribution in [0.25, 0.3) is 0 Å². The van der Waals surface area contributed by atoms with E-state index >= 15 is 0 Å². The molecule has 0 saturated heterocycles. The molecule has 8 heteroatoms. The molecule has 0 aromatic rings. The molecule has 0 N–H and O–H groups in total. The number of carbonyl (C=O) groups excluding carboxylic acids is 2. The van der Waals surface area contributed by atoms with Crippen molar-refractivity contribution in [2.75, 3.05) is 13.2 Å². The predicted molar refractivity (Wildman–Crippen MR) is 132 cm³/mol. The van der Waals surface area contributed by atoms with Gasteiger partial charge in [0.05, 0.1) is 13.2 Å². The number of hydrogen-bond donors (Lipinski definition) is 0. The molecule has 0 fully saturated rings. The average Bonchev–Trinajstić information content (AvgIpc) is 2.75. The SMILES string of the molecule is CC(=O)[O-].CC(=O)[O-].CCCCCCCCOC1=C=C=C(OCCCCCCCC)C(C)=C1C.[Hg+].[Hg+]. The Bertz CT molecular complexity index is 637. The first-order valence-corrected chi connectivity index (χ1v) is 12.7. The molecule has 0 unspecified atom stereocenters. The van der Waals surface area contributed by atoms with Gasteiger partial charge in [-0.25, -0.2) is 0 Å². The predicted octanol–water partition coefficient (Wildman–Crippen LogP) is 5.12. The van der Waals surface area contributed by atoms with E-state index in [1.54, 1.807) is 0 Å². The van der Waals surface area contributed by atoms with Gasteiger partial charge in [0.1, 0.15) is 0 Å². The molecular formula is C28H46Hg2O6. The molecule has 0 spiro atoms. The van der Waals surface area contributed by atoms with E-state index in [4.69, 9.17) is 29.3 Å². The molecule has 0 aliphatic heterocycles. The van der Waals surface area contributed by atoms with Crippen LogP contribution < -0.4 is 10.2 Å². The number of hydrogen-bond acceptors (Lipinski definition) is 6. The van der Waals surface area contributed by atoms with Gasteiger partial charge in [0.25, 0.3) is 0 Å². The van der Waals surface area contributed by atoms with Crippen LogP contribution in [0.1, 0.15) is 119 Å². The Morgan fingerprint density at radius 3 is 1.14 bits per heavy atom. The number of carbonyl (C=O) groups is 2.